The monoisotopic (exact) mass is 346 g/mol. The zero-order chi connectivity index (χ0) is 18.7. The van der Waals surface area contributed by atoms with E-state index in [2.05, 4.69) is 11.2 Å². The normalized spacial score (nSPS) is 17.5. The lowest BCUT2D eigenvalue weighted by atomic mass is 9.65. The molecule has 0 spiro atoms. The maximum absolute atomic E-state index is 14.8. The molecule has 0 radical (unpaired) electrons. The molecule has 26 heavy (non-hydrogen) atoms. The molecule has 3 aromatic rings. The number of fused-ring (bicyclic) bond motifs is 2. The number of benzene rings is 1. The summed E-state index contributed by atoms with van der Waals surface area (Å²) in [6.45, 7) is 8.12. The van der Waals surface area contributed by atoms with E-state index in [1.165, 1.54) is 6.07 Å². The first-order chi connectivity index (χ1) is 12.3. The molecule has 0 unspecified atom stereocenters. The standard InChI is InChI=1S/C21H19FN4/c1-20(2)18-16(6-5-7-17(18)22)19(25-21(20,3)4)13-10-14-8-9-15(11-23)26(14)24-12-13/h5-10,12H,1-4H3. The van der Waals surface area contributed by atoms with Crippen molar-refractivity contribution < 1.29 is 4.39 Å². The first kappa shape index (κ1) is 16.5. The van der Waals surface area contributed by atoms with Gasteiger partial charge in [-0.1, -0.05) is 26.0 Å². The second-order valence-electron chi connectivity index (χ2n) is 7.72. The van der Waals surface area contributed by atoms with E-state index in [-0.39, 0.29) is 5.82 Å². The highest BCUT2D eigenvalue weighted by molar-refractivity contribution is 6.15. The molecule has 0 saturated carbocycles. The Kier molecular flexibility index (Phi) is 3.32. The van der Waals surface area contributed by atoms with Crippen molar-refractivity contribution in [2.75, 3.05) is 0 Å². The molecular weight excluding hydrogens is 327 g/mol. The van der Waals surface area contributed by atoms with E-state index in [1.807, 2.05) is 45.9 Å². The van der Waals surface area contributed by atoms with Crippen molar-refractivity contribution in [2.45, 2.75) is 38.6 Å². The van der Waals surface area contributed by atoms with Crippen LogP contribution in [0.2, 0.25) is 0 Å². The van der Waals surface area contributed by atoms with Crippen molar-refractivity contribution in [1.82, 2.24) is 9.61 Å². The molecule has 0 N–H and O–H groups in total. The Balaban J connectivity index is 1.99. The van der Waals surface area contributed by atoms with E-state index >= 15 is 0 Å². The quantitative estimate of drug-likeness (QED) is 0.661. The van der Waals surface area contributed by atoms with Crippen LogP contribution in [-0.2, 0) is 5.41 Å². The Morgan fingerprint density at radius 1 is 1.12 bits per heavy atom. The van der Waals surface area contributed by atoms with Crippen LogP contribution in [0.3, 0.4) is 0 Å². The molecule has 4 rings (SSSR count). The summed E-state index contributed by atoms with van der Waals surface area (Å²) in [5.41, 5.74) is 3.39. The highest BCUT2D eigenvalue weighted by atomic mass is 19.1. The summed E-state index contributed by atoms with van der Waals surface area (Å²) >= 11 is 0. The van der Waals surface area contributed by atoms with E-state index in [0.29, 0.717) is 11.3 Å². The molecule has 5 heteroatoms. The third-order valence-corrected chi connectivity index (χ3v) is 5.70. The minimum atomic E-state index is -0.483. The molecule has 0 aliphatic carbocycles. The van der Waals surface area contributed by atoms with Gasteiger partial charge in [-0.3, -0.25) is 4.99 Å². The molecule has 2 aromatic heterocycles. The Morgan fingerprint density at radius 2 is 1.88 bits per heavy atom. The topological polar surface area (TPSA) is 53.5 Å². The number of hydrogen-bond acceptors (Lipinski definition) is 3. The first-order valence-corrected chi connectivity index (χ1v) is 8.54. The molecule has 1 aliphatic rings. The fraction of sp³-hybridized carbons (Fsp3) is 0.286. The van der Waals surface area contributed by atoms with Crippen LogP contribution in [0.5, 0.6) is 0 Å². The minimum Gasteiger partial charge on any atom is -0.277 e. The van der Waals surface area contributed by atoms with Gasteiger partial charge in [0.15, 0.2) is 0 Å². The van der Waals surface area contributed by atoms with Gasteiger partial charge in [-0.25, -0.2) is 8.91 Å². The number of nitriles is 1. The Labute approximate surface area is 151 Å². The molecule has 1 aromatic carbocycles. The van der Waals surface area contributed by atoms with Crippen LogP contribution in [-0.4, -0.2) is 20.9 Å². The highest BCUT2D eigenvalue weighted by Crippen LogP contribution is 2.44. The van der Waals surface area contributed by atoms with Crippen LogP contribution < -0.4 is 0 Å². The lowest BCUT2D eigenvalue weighted by Crippen LogP contribution is -2.46. The van der Waals surface area contributed by atoms with Gasteiger partial charge in [-0.15, -0.1) is 0 Å². The van der Waals surface area contributed by atoms with Gasteiger partial charge in [-0.05, 0) is 38.1 Å². The molecule has 0 fully saturated rings. The number of rotatable bonds is 1. The van der Waals surface area contributed by atoms with Crippen LogP contribution >= 0.6 is 0 Å². The van der Waals surface area contributed by atoms with E-state index in [9.17, 15) is 4.39 Å². The third-order valence-electron chi connectivity index (χ3n) is 5.70. The summed E-state index contributed by atoms with van der Waals surface area (Å²) in [6, 6.07) is 12.8. The SMILES string of the molecule is CC1(C)N=C(c2cnn3c(C#N)ccc3c2)c2cccc(F)c2C1(C)C. The van der Waals surface area contributed by atoms with Gasteiger partial charge in [0.05, 0.1) is 23.0 Å². The van der Waals surface area contributed by atoms with Crippen molar-refractivity contribution in [3.05, 3.63) is 70.8 Å². The first-order valence-electron chi connectivity index (χ1n) is 8.54. The van der Waals surface area contributed by atoms with Crippen LogP contribution in [0, 0.1) is 17.1 Å². The number of hydrogen-bond donors (Lipinski definition) is 0. The molecule has 3 heterocycles. The van der Waals surface area contributed by atoms with Gasteiger partial charge in [0, 0.05) is 22.1 Å². The smallest absolute Gasteiger partial charge is 0.142 e. The predicted octanol–water partition coefficient (Wildman–Crippen LogP) is 4.25. The van der Waals surface area contributed by atoms with Gasteiger partial charge in [0.2, 0.25) is 0 Å². The zero-order valence-corrected chi connectivity index (χ0v) is 15.2. The Bertz CT molecular complexity index is 1110. The van der Waals surface area contributed by atoms with Gasteiger partial charge in [0.1, 0.15) is 17.6 Å². The molecular formula is C21H19FN4. The average molecular weight is 346 g/mol. The molecule has 0 saturated heterocycles. The summed E-state index contributed by atoms with van der Waals surface area (Å²) < 4.78 is 16.4. The Morgan fingerprint density at radius 3 is 2.62 bits per heavy atom. The van der Waals surface area contributed by atoms with Gasteiger partial charge in [0.25, 0.3) is 0 Å². The van der Waals surface area contributed by atoms with Crippen LogP contribution in [0.15, 0.2) is 47.6 Å². The molecule has 1 aliphatic heterocycles. The summed E-state index contributed by atoms with van der Waals surface area (Å²) in [5.74, 6) is -0.212. The van der Waals surface area contributed by atoms with Crippen molar-refractivity contribution in [3.63, 3.8) is 0 Å². The van der Waals surface area contributed by atoms with Crippen LogP contribution in [0.4, 0.5) is 4.39 Å². The highest BCUT2D eigenvalue weighted by Gasteiger charge is 2.45. The largest absolute Gasteiger partial charge is 0.277 e. The van der Waals surface area contributed by atoms with Gasteiger partial charge in [-0.2, -0.15) is 10.4 Å². The van der Waals surface area contributed by atoms with E-state index in [0.717, 1.165) is 22.4 Å². The average Bonchev–Trinajstić information content (AvgIpc) is 3.00. The fourth-order valence-corrected chi connectivity index (χ4v) is 3.58. The number of nitrogens with zero attached hydrogens (tertiary/aromatic N) is 4. The molecule has 130 valence electrons. The van der Waals surface area contributed by atoms with Gasteiger partial charge >= 0.3 is 0 Å². The second kappa shape index (κ2) is 5.25. The number of aromatic nitrogens is 2. The maximum atomic E-state index is 14.8. The summed E-state index contributed by atoms with van der Waals surface area (Å²) in [4.78, 5) is 4.99. The zero-order valence-electron chi connectivity index (χ0n) is 15.2. The van der Waals surface area contributed by atoms with Crippen molar-refractivity contribution >= 4 is 11.2 Å². The van der Waals surface area contributed by atoms with E-state index < -0.39 is 11.0 Å². The second-order valence-corrected chi connectivity index (χ2v) is 7.72. The Hall–Kier alpha value is -3.00. The van der Waals surface area contributed by atoms with E-state index in [1.54, 1.807) is 22.8 Å². The molecule has 4 nitrogen and oxygen atoms in total. The minimum absolute atomic E-state index is 0.212. The molecule has 0 bridgehead atoms. The van der Waals surface area contributed by atoms with Crippen molar-refractivity contribution in [3.8, 4) is 6.07 Å². The van der Waals surface area contributed by atoms with Gasteiger partial charge < -0.3 is 0 Å². The van der Waals surface area contributed by atoms with Crippen molar-refractivity contribution in [2.24, 2.45) is 4.99 Å². The maximum Gasteiger partial charge on any atom is 0.142 e. The lowest BCUT2D eigenvalue weighted by molar-refractivity contribution is 0.293. The predicted molar refractivity (Wildman–Crippen MR) is 99.1 cm³/mol. The summed E-state index contributed by atoms with van der Waals surface area (Å²) in [7, 11) is 0. The summed E-state index contributed by atoms with van der Waals surface area (Å²) in [6.07, 6.45) is 1.69. The lowest BCUT2D eigenvalue weighted by Gasteiger charge is -2.44. The fourth-order valence-electron chi connectivity index (χ4n) is 3.58. The van der Waals surface area contributed by atoms with Crippen LogP contribution in [0.1, 0.15) is 50.1 Å². The van der Waals surface area contributed by atoms with E-state index in [4.69, 9.17) is 10.3 Å². The third kappa shape index (κ3) is 2.12. The van der Waals surface area contributed by atoms with Crippen LogP contribution in [0.25, 0.3) is 5.52 Å². The number of aliphatic imine (C=N–C) groups is 1. The summed E-state index contributed by atoms with van der Waals surface area (Å²) in [5, 5.41) is 13.5. The molecule has 0 amide bonds. The number of halogens is 1. The van der Waals surface area contributed by atoms with Crippen molar-refractivity contribution in [1.29, 1.82) is 5.26 Å². The molecule has 0 atom stereocenters.